The lowest BCUT2D eigenvalue weighted by molar-refractivity contribution is -0.139. The van der Waals surface area contributed by atoms with Crippen molar-refractivity contribution >= 4 is 45.2 Å². The van der Waals surface area contributed by atoms with Crippen molar-refractivity contribution < 1.29 is 23.4 Å². The highest BCUT2D eigenvalue weighted by Crippen LogP contribution is 2.36. The van der Waals surface area contributed by atoms with Crippen molar-refractivity contribution in [2.24, 2.45) is 4.99 Å². The predicted octanol–water partition coefficient (Wildman–Crippen LogP) is 3.63. The number of ether oxygens (including phenoxy) is 3. The standard InChI is InChI=1S/C26H28BrN3O6S/c1-7-34-19-11-15(9-10-18(19)33-6)22-21(25(32)35-8-2)14(3)28-26-30(22)23(31)20(37-26)13-16-12-17(27)24(36-16)29(4)5/h9-13,22H,7-8H2,1-6H3/b20-13+/t22-/m1/s1. The minimum Gasteiger partial charge on any atom is -0.493 e. The van der Waals surface area contributed by atoms with Gasteiger partial charge in [-0.15, -0.1) is 0 Å². The van der Waals surface area contributed by atoms with Gasteiger partial charge in [0.25, 0.3) is 5.56 Å². The summed E-state index contributed by atoms with van der Waals surface area (Å²) in [6.07, 6.45) is 1.68. The lowest BCUT2D eigenvalue weighted by Crippen LogP contribution is -2.39. The summed E-state index contributed by atoms with van der Waals surface area (Å²) in [5, 5.41) is 0. The molecule has 0 amide bonds. The molecular weight excluding hydrogens is 562 g/mol. The van der Waals surface area contributed by atoms with Crippen LogP contribution in [0.1, 0.15) is 38.1 Å². The Morgan fingerprint density at radius 1 is 1.24 bits per heavy atom. The van der Waals surface area contributed by atoms with Gasteiger partial charge in [-0.1, -0.05) is 17.4 Å². The number of methoxy groups -OCH3 is 1. The number of thiazole rings is 1. The van der Waals surface area contributed by atoms with Crippen LogP contribution in [0.2, 0.25) is 0 Å². The molecule has 0 aliphatic carbocycles. The van der Waals surface area contributed by atoms with E-state index in [9.17, 15) is 9.59 Å². The lowest BCUT2D eigenvalue weighted by atomic mass is 9.95. The van der Waals surface area contributed by atoms with E-state index < -0.39 is 12.0 Å². The molecule has 0 radical (unpaired) electrons. The molecule has 0 spiro atoms. The molecule has 0 bridgehead atoms. The number of allylic oxidation sites excluding steroid dienone is 1. The van der Waals surface area contributed by atoms with Crippen LogP contribution in [0.5, 0.6) is 11.5 Å². The van der Waals surface area contributed by atoms with Crippen LogP contribution >= 0.6 is 27.3 Å². The molecule has 3 aromatic rings. The second-order valence-electron chi connectivity index (χ2n) is 8.34. The Bertz CT molecular complexity index is 1550. The van der Waals surface area contributed by atoms with Gasteiger partial charge in [0.05, 0.1) is 46.6 Å². The van der Waals surface area contributed by atoms with Crippen molar-refractivity contribution in [1.29, 1.82) is 0 Å². The smallest absolute Gasteiger partial charge is 0.338 e. The average Bonchev–Trinajstić information content (AvgIpc) is 3.37. The van der Waals surface area contributed by atoms with Crippen LogP contribution in [0.15, 0.2) is 54.2 Å². The zero-order chi connectivity index (χ0) is 26.9. The first kappa shape index (κ1) is 26.7. The lowest BCUT2D eigenvalue weighted by Gasteiger charge is -2.25. The van der Waals surface area contributed by atoms with E-state index in [0.717, 1.165) is 4.47 Å². The largest absolute Gasteiger partial charge is 0.493 e. The fourth-order valence-electron chi connectivity index (χ4n) is 4.12. The summed E-state index contributed by atoms with van der Waals surface area (Å²) < 4.78 is 25.2. The van der Waals surface area contributed by atoms with Crippen molar-refractivity contribution in [3.8, 4) is 11.5 Å². The summed E-state index contributed by atoms with van der Waals surface area (Å²) in [5.41, 5.74) is 1.16. The summed E-state index contributed by atoms with van der Waals surface area (Å²) in [7, 11) is 5.29. The molecule has 0 unspecified atom stereocenters. The highest BCUT2D eigenvalue weighted by atomic mass is 79.9. The average molecular weight is 590 g/mol. The van der Waals surface area contributed by atoms with E-state index in [0.29, 0.717) is 55.9 Å². The van der Waals surface area contributed by atoms with E-state index >= 15 is 0 Å². The Labute approximate surface area is 226 Å². The van der Waals surface area contributed by atoms with E-state index in [1.807, 2.05) is 32.0 Å². The number of hydrogen-bond acceptors (Lipinski definition) is 9. The van der Waals surface area contributed by atoms with E-state index in [-0.39, 0.29) is 12.2 Å². The molecule has 3 heterocycles. The third-order valence-electron chi connectivity index (χ3n) is 5.69. The van der Waals surface area contributed by atoms with Crippen LogP contribution in [-0.4, -0.2) is 45.0 Å². The predicted molar refractivity (Wildman–Crippen MR) is 145 cm³/mol. The number of aromatic nitrogens is 1. The molecule has 37 heavy (non-hydrogen) atoms. The summed E-state index contributed by atoms with van der Waals surface area (Å²) in [6.45, 7) is 5.98. The van der Waals surface area contributed by atoms with Gasteiger partial charge in [-0.2, -0.15) is 0 Å². The third kappa shape index (κ3) is 5.10. The number of benzene rings is 1. The summed E-state index contributed by atoms with van der Waals surface area (Å²) in [5.74, 6) is 1.69. The molecule has 1 aromatic carbocycles. The number of rotatable bonds is 8. The van der Waals surface area contributed by atoms with Crippen LogP contribution in [0.4, 0.5) is 5.88 Å². The molecule has 0 N–H and O–H groups in total. The van der Waals surface area contributed by atoms with Crippen molar-refractivity contribution in [2.75, 3.05) is 39.3 Å². The Kier molecular flexibility index (Phi) is 7.93. The molecule has 1 aliphatic heterocycles. The maximum Gasteiger partial charge on any atom is 0.338 e. The third-order valence-corrected chi connectivity index (χ3v) is 7.24. The number of hydrogen-bond donors (Lipinski definition) is 0. The van der Waals surface area contributed by atoms with Crippen molar-refractivity contribution in [3.05, 3.63) is 71.0 Å². The molecule has 1 aliphatic rings. The molecular formula is C26H28BrN3O6S. The Hall–Kier alpha value is -3.31. The molecule has 196 valence electrons. The maximum absolute atomic E-state index is 13.8. The van der Waals surface area contributed by atoms with Gasteiger partial charge < -0.3 is 23.5 Å². The number of nitrogens with zero attached hydrogens (tertiary/aromatic N) is 3. The number of anilines is 1. The molecule has 0 saturated heterocycles. The fraction of sp³-hybridized carbons (Fsp3) is 0.346. The summed E-state index contributed by atoms with van der Waals surface area (Å²) >= 11 is 4.72. The molecule has 0 saturated carbocycles. The van der Waals surface area contributed by atoms with Crippen LogP contribution in [0.25, 0.3) is 6.08 Å². The van der Waals surface area contributed by atoms with Gasteiger partial charge in [0, 0.05) is 26.2 Å². The highest BCUT2D eigenvalue weighted by molar-refractivity contribution is 9.10. The molecule has 4 rings (SSSR count). The Balaban J connectivity index is 1.95. The van der Waals surface area contributed by atoms with Crippen LogP contribution in [-0.2, 0) is 9.53 Å². The number of halogens is 1. The zero-order valence-corrected chi connectivity index (χ0v) is 23.9. The van der Waals surface area contributed by atoms with E-state index in [4.69, 9.17) is 18.6 Å². The number of fused-ring (bicyclic) bond motifs is 1. The van der Waals surface area contributed by atoms with Gasteiger partial charge >= 0.3 is 5.97 Å². The van der Waals surface area contributed by atoms with Gasteiger partial charge in [-0.05, 0) is 54.4 Å². The second kappa shape index (κ2) is 11.0. The van der Waals surface area contributed by atoms with Crippen LogP contribution in [0.3, 0.4) is 0 Å². The Morgan fingerprint density at radius 3 is 2.62 bits per heavy atom. The number of carbonyl (C=O) groups is 1. The van der Waals surface area contributed by atoms with Crippen molar-refractivity contribution in [2.45, 2.75) is 26.8 Å². The first-order chi connectivity index (χ1) is 17.7. The number of esters is 1. The summed E-state index contributed by atoms with van der Waals surface area (Å²) in [6, 6.07) is 6.40. The maximum atomic E-state index is 13.8. The summed E-state index contributed by atoms with van der Waals surface area (Å²) in [4.78, 5) is 33.8. The topological polar surface area (TPSA) is 95.5 Å². The van der Waals surface area contributed by atoms with Crippen LogP contribution in [0, 0.1) is 0 Å². The second-order valence-corrected chi connectivity index (χ2v) is 10.2. The van der Waals surface area contributed by atoms with Gasteiger partial charge in [0.2, 0.25) is 5.88 Å². The molecule has 9 nitrogen and oxygen atoms in total. The van der Waals surface area contributed by atoms with E-state index in [1.165, 1.54) is 15.9 Å². The normalized spacial score (nSPS) is 15.3. The van der Waals surface area contributed by atoms with E-state index in [1.54, 1.807) is 45.2 Å². The van der Waals surface area contributed by atoms with Gasteiger partial charge in [-0.3, -0.25) is 9.36 Å². The van der Waals surface area contributed by atoms with Gasteiger partial charge in [0.15, 0.2) is 16.3 Å². The van der Waals surface area contributed by atoms with Crippen LogP contribution < -0.4 is 29.3 Å². The zero-order valence-electron chi connectivity index (χ0n) is 21.5. The first-order valence-corrected chi connectivity index (χ1v) is 13.3. The van der Waals surface area contributed by atoms with Crippen molar-refractivity contribution in [3.63, 3.8) is 0 Å². The van der Waals surface area contributed by atoms with Gasteiger partial charge in [-0.25, -0.2) is 9.79 Å². The number of furan rings is 1. The fourth-order valence-corrected chi connectivity index (χ4v) is 5.81. The monoisotopic (exact) mass is 589 g/mol. The molecule has 1 atom stereocenters. The molecule has 11 heteroatoms. The SMILES string of the molecule is CCOC(=O)C1=C(C)N=c2s/c(=C/c3cc(Br)c(N(C)C)o3)c(=O)n2[C@@H]1c1ccc(OC)c(OCC)c1. The Morgan fingerprint density at radius 2 is 2.00 bits per heavy atom. The van der Waals surface area contributed by atoms with Gasteiger partial charge in [0.1, 0.15) is 5.76 Å². The minimum absolute atomic E-state index is 0.196. The van der Waals surface area contributed by atoms with Crippen molar-refractivity contribution in [1.82, 2.24) is 4.57 Å². The highest BCUT2D eigenvalue weighted by Gasteiger charge is 2.34. The minimum atomic E-state index is -0.761. The molecule has 2 aromatic heterocycles. The quantitative estimate of drug-likeness (QED) is 0.370. The van der Waals surface area contributed by atoms with E-state index in [2.05, 4.69) is 20.9 Å². The molecule has 0 fully saturated rings. The first-order valence-electron chi connectivity index (χ1n) is 11.7. The number of carbonyl (C=O) groups excluding carboxylic acids is 1.